The van der Waals surface area contributed by atoms with Crippen LogP contribution in [-0.2, 0) is 0 Å². The Morgan fingerprint density at radius 3 is 2.52 bits per heavy atom. The van der Waals surface area contributed by atoms with Crippen molar-refractivity contribution in [2.24, 2.45) is 0 Å². The van der Waals surface area contributed by atoms with Gasteiger partial charge >= 0.3 is 0 Å². The van der Waals surface area contributed by atoms with Crippen LogP contribution in [0.1, 0.15) is 0 Å². The molecule has 142 valence electrons. The van der Waals surface area contributed by atoms with Gasteiger partial charge in [-0.05, 0) is 35.0 Å². The van der Waals surface area contributed by atoms with Gasteiger partial charge < -0.3 is 4.74 Å². The Balaban J connectivity index is 1.82. The van der Waals surface area contributed by atoms with Gasteiger partial charge in [0.15, 0.2) is 4.96 Å². The highest BCUT2D eigenvalue weighted by molar-refractivity contribution is 7.15. The number of nitrogens with one attached hydrogen (secondary N) is 1. The largest absolute Gasteiger partial charge is 0.497 e. The number of nitrogens with zero attached hydrogens (tertiary/aromatic N) is 5. The molecule has 0 bridgehead atoms. The van der Waals surface area contributed by atoms with Gasteiger partial charge in [-0.15, -0.1) is 21.5 Å². The first-order valence-corrected chi connectivity index (χ1v) is 9.62. The number of thiazole rings is 1. The number of ether oxygens (including phenoxy) is 1. The number of hydrogen-bond donors (Lipinski definition) is 1. The Morgan fingerprint density at radius 2 is 1.83 bits per heavy atom. The minimum Gasteiger partial charge on any atom is -0.497 e. The Bertz CT molecular complexity index is 1340. The highest BCUT2D eigenvalue weighted by atomic mass is 32.1. The van der Waals surface area contributed by atoms with Gasteiger partial charge in [0.25, 0.3) is 5.56 Å². The molecule has 0 radical (unpaired) electrons. The molecule has 1 N–H and O–H groups in total. The SMILES string of the molecule is COc1ccc(-c2nc3scc(-c4ccccc4)n3c(=O)c2-c2nn[nH]n2)cc1. The van der Waals surface area contributed by atoms with Crippen molar-refractivity contribution in [3.05, 3.63) is 70.3 Å². The van der Waals surface area contributed by atoms with Gasteiger partial charge in [0.1, 0.15) is 11.3 Å². The summed E-state index contributed by atoms with van der Waals surface area (Å²) in [6, 6.07) is 17.1. The fourth-order valence-corrected chi connectivity index (χ4v) is 4.08. The van der Waals surface area contributed by atoms with Crippen molar-refractivity contribution >= 4 is 16.3 Å². The van der Waals surface area contributed by atoms with E-state index in [1.165, 1.54) is 11.3 Å². The average Bonchev–Trinajstić information content (AvgIpc) is 3.44. The number of aromatic nitrogens is 6. The number of hydrogen-bond acceptors (Lipinski definition) is 7. The smallest absolute Gasteiger partial charge is 0.270 e. The lowest BCUT2D eigenvalue weighted by Gasteiger charge is -2.09. The number of methoxy groups -OCH3 is 1. The van der Waals surface area contributed by atoms with E-state index in [2.05, 4.69) is 20.6 Å². The molecular formula is C20H14N6O2S. The molecule has 0 unspecified atom stereocenters. The zero-order chi connectivity index (χ0) is 19.8. The van der Waals surface area contributed by atoms with E-state index < -0.39 is 0 Å². The van der Waals surface area contributed by atoms with Crippen LogP contribution in [0.15, 0.2) is 64.8 Å². The first kappa shape index (κ1) is 17.3. The number of aromatic amines is 1. The summed E-state index contributed by atoms with van der Waals surface area (Å²) in [6.45, 7) is 0. The van der Waals surface area contributed by atoms with E-state index in [0.29, 0.717) is 10.7 Å². The first-order chi connectivity index (χ1) is 14.3. The lowest BCUT2D eigenvalue weighted by atomic mass is 10.1. The Hall–Kier alpha value is -3.85. The van der Waals surface area contributed by atoms with Crippen LogP contribution in [-0.4, -0.2) is 37.1 Å². The Labute approximate surface area is 168 Å². The maximum Gasteiger partial charge on any atom is 0.270 e. The fourth-order valence-electron chi connectivity index (χ4n) is 3.19. The van der Waals surface area contributed by atoms with Crippen LogP contribution < -0.4 is 10.3 Å². The van der Waals surface area contributed by atoms with Crippen LogP contribution in [0.3, 0.4) is 0 Å². The van der Waals surface area contributed by atoms with Gasteiger partial charge in [-0.1, -0.05) is 30.3 Å². The van der Waals surface area contributed by atoms with E-state index in [9.17, 15) is 4.79 Å². The van der Waals surface area contributed by atoms with E-state index >= 15 is 0 Å². The molecular weight excluding hydrogens is 388 g/mol. The normalized spacial score (nSPS) is 11.1. The first-order valence-electron chi connectivity index (χ1n) is 8.74. The van der Waals surface area contributed by atoms with E-state index in [-0.39, 0.29) is 16.9 Å². The third-order valence-corrected chi connectivity index (χ3v) is 5.40. The lowest BCUT2D eigenvalue weighted by molar-refractivity contribution is 0.415. The van der Waals surface area contributed by atoms with Gasteiger partial charge in [-0.3, -0.25) is 9.20 Å². The van der Waals surface area contributed by atoms with E-state index in [4.69, 9.17) is 9.72 Å². The molecule has 3 heterocycles. The third kappa shape index (κ3) is 2.88. The van der Waals surface area contributed by atoms with Crippen LogP contribution in [0.4, 0.5) is 0 Å². The lowest BCUT2D eigenvalue weighted by Crippen LogP contribution is -2.19. The second-order valence-electron chi connectivity index (χ2n) is 6.21. The molecule has 3 aromatic heterocycles. The van der Waals surface area contributed by atoms with E-state index in [1.54, 1.807) is 11.5 Å². The number of benzene rings is 2. The molecule has 0 atom stereocenters. The summed E-state index contributed by atoms with van der Waals surface area (Å²) in [4.78, 5) is 19.0. The highest BCUT2D eigenvalue weighted by Crippen LogP contribution is 2.31. The maximum atomic E-state index is 13.6. The summed E-state index contributed by atoms with van der Waals surface area (Å²) in [7, 11) is 1.60. The summed E-state index contributed by atoms with van der Waals surface area (Å²) >= 11 is 1.41. The summed E-state index contributed by atoms with van der Waals surface area (Å²) < 4.78 is 6.83. The minimum atomic E-state index is -0.248. The molecule has 8 nitrogen and oxygen atoms in total. The van der Waals surface area contributed by atoms with Gasteiger partial charge in [-0.25, -0.2) is 4.98 Å². The van der Waals surface area contributed by atoms with Crippen molar-refractivity contribution in [1.82, 2.24) is 30.0 Å². The van der Waals surface area contributed by atoms with Crippen LogP contribution in [0, 0.1) is 0 Å². The number of tetrazole rings is 1. The molecule has 0 aliphatic heterocycles. The van der Waals surface area contributed by atoms with Crippen molar-refractivity contribution in [2.75, 3.05) is 7.11 Å². The maximum absolute atomic E-state index is 13.6. The number of H-pyrrole nitrogens is 1. The molecule has 0 fully saturated rings. The van der Waals surface area contributed by atoms with Crippen molar-refractivity contribution in [3.8, 4) is 39.7 Å². The van der Waals surface area contributed by atoms with Crippen LogP contribution >= 0.6 is 11.3 Å². The molecule has 0 saturated heterocycles. The molecule has 2 aromatic carbocycles. The van der Waals surface area contributed by atoms with Crippen molar-refractivity contribution in [1.29, 1.82) is 0 Å². The summed E-state index contributed by atoms with van der Waals surface area (Å²) in [5.41, 5.74) is 3.01. The monoisotopic (exact) mass is 402 g/mol. The second kappa shape index (κ2) is 6.95. The molecule has 0 amide bonds. The minimum absolute atomic E-state index is 0.202. The third-order valence-electron chi connectivity index (χ3n) is 4.57. The average molecular weight is 402 g/mol. The molecule has 0 saturated carbocycles. The number of rotatable bonds is 4. The van der Waals surface area contributed by atoms with E-state index in [1.807, 2.05) is 60.0 Å². The molecule has 0 aliphatic rings. The zero-order valence-corrected chi connectivity index (χ0v) is 16.1. The van der Waals surface area contributed by atoms with Gasteiger partial charge in [0.05, 0.1) is 18.5 Å². The molecule has 0 aliphatic carbocycles. The van der Waals surface area contributed by atoms with Crippen LogP contribution in [0.5, 0.6) is 5.75 Å². The molecule has 9 heteroatoms. The van der Waals surface area contributed by atoms with Gasteiger partial charge in [-0.2, -0.15) is 5.21 Å². The van der Waals surface area contributed by atoms with Crippen molar-refractivity contribution in [3.63, 3.8) is 0 Å². The zero-order valence-electron chi connectivity index (χ0n) is 15.2. The van der Waals surface area contributed by atoms with Gasteiger partial charge in [0, 0.05) is 10.9 Å². The highest BCUT2D eigenvalue weighted by Gasteiger charge is 2.22. The quantitative estimate of drug-likeness (QED) is 0.495. The summed E-state index contributed by atoms with van der Waals surface area (Å²) in [5, 5.41) is 16.0. The predicted molar refractivity (Wildman–Crippen MR) is 110 cm³/mol. The van der Waals surface area contributed by atoms with Crippen molar-refractivity contribution < 1.29 is 4.74 Å². The van der Waals surface area contributed by atoms with Gasteiger partial charge in [0.2, 0.25) is 5.82 Å². The molecule has 29 heavy (non-hydrogen) atoms. The second-order valence-corrected chi connectivity index (χ2v) is 7.05. The van der Waals surface area contributed by atoms with Crippen LogP contribution in [0.2, 0.25) is 0 Å². The fraction of sp³-hybridized carbons (Fsp3) is 0.0500. The standard InChI is InChI=1S/C20H14N6O2S/c1-28-14-9-7-13(8-10-14)17-16(18-22-24-25-23-18)19(27)26-15(11-29-20(26)21-17)12-5-3-2-4-6-12/h2-11H,1H3,(H,22,23,24,25). The molecule has 5 rings (SSSR count). The number of fused-ring (bicyclic) bond motifs is 1. The van der Waals surface area contributed by atoms with E-state index in [0.717, 1.165) is 22.6 Å². The van der Waals surface area contributed by atoms with Crippen LogP contribution in [0.25, 0.3) is 38.9 Å². The molecule has 5 aromatic rings. The van der Waals surface area contributed by atoms with Crippen molar-refractivity contribution in [2.45, 2.75) is 0 Å². The predicted octanol–water partition coefficient (Wildman–Crippen LogP) is 3.28. The summed E-state index contributed by atoms with van der Waals surface area (Å²) in [6.07, 6.45) is 0. The topological polar surface area (TPSA) is 98.1 Å². The molecule has 0 spiro atoms. The Morgan fingerprint density at radius 1 is 1.03 bits per heavy atom. The summed E-state index contributed by atoms with van der Waals surface area (Å²) in [5.74, 6) is 0.920. The Kier molecular flexibility index (Phi) is 4.14.